The predicted molar refractivity (Wildman–Crippen MR) is 93.5 cm³/mol. The van der Waals surface area contributed by atoms with Crippen LogP contribution in [0.5, 0.6) is 0 Å². The molecule has 3 N–H and O–H groups in total. The molecule has 1 aliphatic heterocycles. The number of hydrogen-bond donors (Lipinski definition) is 2. The highest BCUT2D eigenvalue weighted by Gasteiger charge is 2.13. The number of aromatic nitrogens is 1. The third-order valence-electron chi connectivity index (χ3n) is 4.86. The van der Waals surface area contributed by atoms with Crippen LogP contribution in [-0.2, 0) is 13.0 Å². The number of aryl methyl sites for hydroxylation is 2. The average Bonchev–Trinajstić information content (AvgIpc) is 2.85. The van der Waals surface area contributed by atoms with E-state index in [2.05, 4.69) is 47.0 Å². The number of nitrogens with two attached hydrogens (primary N) is 1. The van der Waals surface area contributed by atoms with Crippen molar-refractivity contribution in [3.05, 3.63) is 35.0 Å². The molecule has 1 aromatic heterocycles. The van der Waals surface area contributed by atoms with Crippen LogP contribution >= 0.6 is 0 Å². The van der Waals surface area contributed by atoms with Gasteiger partial charge in [0.25, 0.3) is 0 Å². The minimum absolute atomic E-state index is 0.688. The normalized spacial score (nSPS) is 16.5. The molecule has 1 saturated heterocycles. The monoisotopic (exact) mass is 300 g/mol. The van der Waals surface area contributed by atoms with E-state index >= 15 is 0 Å². The number of benzene rings is 1. The molecule has 1 fully saturated rings. The van der Waals surface area contributed by atoms with Crippen molar-refractivity contribution in [3.63, 3.8) is 0 Å². The molecule has 0 amide bonds. The number of nitrogens with one attached hydrogen (secondary N) is 1. The van der Waals surface area contributed by atoms with Gasteiger partial charge in [-0.25, -0.2) is 0 Å². The smallest absolute Gasteiger partial charge is 0.0486 e. The van der Waals surface area contributed by atoms with Crippen molar-refractivity contribution in [2.75, 3.05) is 39.3 Å². The van der Waals surface area contributed by atoms with Gasteiger partial charge in [-0.15, -0.1) is 0 Å². The lowest BCUT2D eigenvalue weighted by Gasteiger charge is -2.26. The van der Waals surface area contributed by atoms with E-state index in [1.54, 1.807) is 0 Å². The standard InChI is InChI=1S/C18H28N4/c1-14-11-17-16(3-7-21-9-5-20-6-10-21)13-22(8-4-19)18(17)12-15(14)2/h11-13,20H,3-10,19H2,1-2H3. The molecule has 0 atom stereocenters. The predicted octanol–water partition coefficient (Wildman–Crippen LogP) is 1.66. The molecule has 2 aromatic rings. The van der Waals surface area contributed by atoms with Crippen molar-refractivity contribution >= 4 is 10.9 Å². The summed E-state index contributed by atoms with van der Waals surface area (Å²) in [6.07, 6.45) is 3.44. The van der Waals surface area contributed by atoms with Crippen molar-refractivity contribution in [1.82, 2.24) is 14.8 Å². The van der Waals surface area contributed by atoms with Gasteiger partial charge in [0.1, 0.15) is 0 Å². The average molecular weight is 300 g/mol. The fourth-order valence-corrected chi connectivity index (χ4v) is 3.36. The molecule has 1 aromatic carbocycles. The molecule has 3 rings (SSSR count). The van der Waals surface area contributed by atoms with Gasteiger partial charge in [0.05, 0.1) is 0 Å². The van der Waals surface area contributed by atoms with Gasteiger partial charge < -0.3 is 20.5 Å². The van der Waals surface area contributed by atoms with Crippen LogP contribution in [0.2, 0.25) is 0 Å². The van der Waals surface area contributed by atoms with E-state index in [4.69, 9.17) is 5.73 Å². The fraction of sp³-hybridized carbons (Fsp3) is 0.556. The summed E-state index contributed by atoms with van der Waals surface area (Å²) in [5.41, 5.74) is 11.3. The Hall–Kier alpha value is -1.36. The molecule has 0 spiro atoms. The van der Waals surface area contributed by atoms with Gasteiger partial charge in [0, 0.05) is 62.9 Å². The van der Waals surface area contributed by atoms with E-state index in [0.717, 1.165) is 32.6 Å². The Bertz CT molecular complexity index is 638. The number of fused-ring (bicyclic) bond motifs is 1. The quantitative estimate of drug-likeness (QED) is 0.883. The van der Waals surface area contributed by atoms with Gasteiger partial charge in [-0.3, -0.25) is 0 Å². The maximum atomic E-state index is 5.78. The van der Waals surface area contributed by atoms with Gasteiger partial charge in [-0.1, -0.05) is 0 Å². The maximum Gasteiger partial charge on any atom is 0.0486 e. The summed E-state index contributed by atoms with van der Waals surface area (Å²) in [7, 11) is 0. The lowest BCUT2D eigenvalue weighted by molar-refractivity contribution is 0.244. The Morgan fingerprint density at radius 3 is 2.55 bits per heavy atom. The summed E-state index contributed by atoms with van der Waals surface area (Å²) in [5.74, 6) is 0. The van der Waals surface area contributed by atoms with E-state index < -0.39 is 0 Å². The summed E-state index contributed by atoms with van der Waals surface area (Å²) in [6.45, 7) is 11.7. The number of nitrogens with zero attached hydrogens (tertiary/aromatic N) is 2. The van der Waals surface area contributed by atoms with Crippen LogP contribution in [0.4, 0.5) is 0 Å². The fourth-order valence-electron chi connectivity index (χ4n) is 3.36. The second-order valence-corrected chi connectivity index (χ2v) is 6.43. The van der Waals surface area contributed by atoms with Crippen LogP contribution in [0.1, 0.15) is 16.7 Å². The Kier molecular flexibility index (Phi) is 4.81. The lowest BCUT2D eigenvalue weighted by Crippen LogP contribution is -2.44. The van der Waals surface area contributed by atoms with E-state index in [1.807, 2.05) is 0 Å². The van der Waals surface area contributed by atoms with Crippen molar-refractivity contribution in [2.24, 2.45) is 5.73 Å². The third kappa shape index (κ3) is 3.19. The van der Waals surface area contributed by atoms with Gasteiger partial charge in [0.15, 0.2) is 0 Å². The number of rotatable bonds is 5. The Balaban J connectivity index is 1.85. The molecule has 2 heterocycles. The molecule has 4 heteroatoms. The topological polar surface area (TPSA) is 46.2 Å². The summed E-state index contributed by atoms with van der Waals surface area (Å²) in [5, 5.41) is 4.83. The zero-order valence-electron chi connectivity index (χ0n) is 13.9. The molecule has 1 aliphatic rings. The molecule has 0 radical (unpaired) electrons. The van der Waals surface area contributed by atoms with Crippen molar-refractivity contribution < 1.29 is 0 Å². The molecular formula is C18H28N4. The van der Waals surface area contributed by atoms with E-state index in [1.165, 1.54) is 40.7 Å². The van der Waals surface area contributed by atoms with Crippen LogP contribution < -0.4 is 11.1 Å². The SMILES string of the molecule is Cc1cc2c(CCN3CCNCC3)cn(CCN)c2cc1C. The van der Waals surface area contributed by atoms with E-state index in [-0.39, 0.29) is 0 Å². The maximum absolute atomic E-state index is 5.78. The number of piperazine rings is 1. The first-order valence-electron chi connectivity index (χ1n) is 8.41. The van der Waals surface area contributed by atoms with Crippen LogP contribution in [0.3, 0.4) is 0 Å². The molecule has 22 heavy (non-hydrogen) atoms. The van der Waals surface area contributed by atoms with Crippen LogP contribution in [0, 0.1) is 13.8 Å². The molecule has 0 bridgehead atoms. The summed E-state index contributed by atoms with van der Waals surface area (Å²) >= 11 is 0. The van der Waals surface area contributed by atoms with Crippen molar-refractivity contribution in [3.8, 4) is 0 Å². The molecule has 0 saturated carbocycles. The first-order chi connectivity index (χ1) is 10.7. The molecule has 4 nitrogen and oxygen atoms in total. The van der Waals surface area contributed by atoms with Gasteiger partial charge in [-0.2, -0.15) is 0 Å². The third-order valence-corrected chi connectivity index (χ3v) is 4.86. The van der Waals surface area contributed by atoms with Crippen molar-refractivity contribution in [2.45, 2.75) is 26.8 Å². The van der Waals surface area contributed by atoms with Crippen molar-refractivity contribution in [1.29, 1.82) is 0 Å². The zero-order valence-corrected chi connectivity index (χ0v) is 13.9. The largest absolute Gasteiger partial charge is 0.346 e. The van der Waals surface area contributed by atoms with E-state index in [9.17, 15) is 0 Å². The number of hydrogen-bond acceptors (Lipinski definition) is 3. The Labute approximate surface area is 133 Å². The lowest BCUT2D eigenvalue weighted by atomic mass is 10.0. The minimum Gasteiger partial charge on any atom is -0.346 e. The molecular weight excluding hydrogens is 272 g/mol. The highest BCUT2D eigenvalue weighted by Crippen LogP contribution is 2.25. The Morgan fingerprint density at radius 2 is 1.82 bits per heavy atom. The van der Waals surface area contributed by atoms with Gasteiger partial charge >= 0.3 is 0 Å². The first kappa shape index (κ1) is 15.5. The molecule has 0 aliphatic carbocycles. The first-order valence-corrected chi connectivity index (χ1v) is 8.41. The van der Waals surface area contributed by atoms with Gasteiger partial charge in [0.2, 0.25) is 0 Å². The van der Waals surface area contributed by atoms with Crippen LogP contribution in [-0.4, -0.2) is 48.7 Å². The van der Waals surface area contributed by atoms with Crippen LogP contribution in [0.15, 0.2) is 18.3 Å². The highest BCUT2D eigenvalue weighted by molar-refractivity contribution is 5.85. The second-order valence-electron chi connectivity index (χ2n) is 6.43. The zero-order chi connectivity index (χ0) is 15.5. The van der Waals surface area contributed by atoms with Crippen LogP contribution in [0.25, 0.3) is 10.9 Å². The minimum atomic E-state index is 0.688. The summed E-state index contributed by atoms with van der Waals surface area (Å²) in [4.78, 5) is 2.56. The molecule has 120 valence electrons. The highest BCUT2D eigenvalue weighted by atomic mass is 15.2. The summed E-state index contributed by atoms with van der Waals surface area (Å²) in [6, 6.07) is 4.67. The second kappa shape index (κ2) is 6.82. The Morgan fingerprint density at radius 1 is 1.09 bits per heavy atom. The summed E-state index contributed by atoms with van der Waals surface area (Å²) < 4.78 is 2.33. The molecule has 0 unspecified atom stereocenters. The van der Waals surface area contributed by atoms with Gasteiger partial charge in [-0.05, 0) is 49.1 Å². The van der Waals surface area contributed by atoms with E-state index in [0.29, 0.717) is 6.54 Å².